The molecular weight excluding hydrogens is 286 g/mol. The summed E-state index contributed by atoms with van der Waals surface area (Å²) in [6.45, 7) is 2.23. The Morgan fingerprint density at radius 1 is 1.13 bits per heavy atom. The van der Waals surface area contributed by atoms with Crippen LogP contribution in [0.4, 0.5) is 10.5 Å². The number of likely N-dealkylation sites (tertiary alicyclic amines) is 1. The van der Waals surface area contributed by atoms with Gasteiger partial charge in [0.05, 0.1) is 5.54 Å². The van der Waals surface area contributed by atoms with Gasteiger partial charge in [-0.2, -0.15) is 0 Å². The third-order valence-corrected chi connectivity index (χ3v) is 6.87. The molecule has 4 heteroatoms. The molecule has 1 unspecified atom stereocenters. The van der Waals surface area contributed by atoms with Gasteiger partial charge in [-0.25, -0.2) is 4.79 Å². The van der Waals surface area contributed by atoms with E-state index in [9.17, 15) is 4.79 Å². The second-order valence-corrected chi connectivity index (χ2v) is 7.98. The van der Waals surface area contributed by atoms with Crippen LogP contribution in [0.25, 0.3) is 0 Å². The first-order valence-corrected chi connectivity index (χ1v) is 9.16. The lowest BCUT2D eigenvalue weighted by Crippen LogP contribution is -2.58. The predicted octanol–water partition coefficient (Wildman–Crippen LogP) is 3.55. The van der Waals surface area contributed by atoms with Crippen molar-refractivity contribution in [3.05, 3.63) is 29.8 Å². The Bertz CT molecular complexity index is 641. The Morgan fingerprint density at radius 3 is 2.70 bits per heavy atom. The summed E-state index contributed by atoms with van der Waals surface area (Å²) in [5.41, 5.74) is 2.10. The first-order chi connectivity index (χ1) is 11.2. The van der Waals surface area contributed by atoms with Crippen LogP contribution in [0.3, 0.4) is 0 Å². The number of piperidine rings is 1. The van der Waals surface area contributed by atoms with Crippen molar-refractivity contribution in [2.45, 2.75) is 50.1 Å². The maximum Gasteiger partial charge on any atom is 0.319 e. The maximum atomic E-state index is 12.1. The molecule has 3 atom stereocenters. The third kappa shape index (κ3) is 2.11. The number of hydrogen-bond donors (Lipinski definition) is 2. The third-order valence-electron chi connectivity index (χ3n) is 6.87. The number of para-hydroxylation sites is 1. The number of fused-ring (bicyclic) bond motifs is 4. The van der Waals surface area contributed by atoms with Gasteiger partial charge in [0.25, 0.3) is 0 Å². The number of nitrogens with zero attached hydrogens (tertiary/aromatic N) is 1. The van der Waals surface area contributed by atoms with Gasteiger partial charge in [0.1, 0.15) is 0 Å². The summed E-state index contributed by atoms with van der Waals surface area (Å²) >= 11 is 0. The van der Waals surface area contributed by atoms with Gasteiger partial charge in [0, 0.05) is 31.8 Å². The lowest BCUT2D eigenvalue weighted by molar-refractivity contribution is 0.0745. The number of benzene rings is 1. The number of anilines is 1. The van der Waals surface area contributed by atoms with Crippen molar-refractivity contribution < 1.29 is 6.22 Å². The first-order valence-electron chi connectivity index (χ1n) is 9.16. The molecule has 0 aromatic heterocycles. The molecule has 2 saturated carbocycles. The van der Waals surface area contributed by atoms with E-state index < -0.39 is 0 Å². The zero-order valence-corrected chi connectivity index (χ0v) is 13.6. The summed E-state index contributed by atoms with van der Waals surface area (Å²) in [7, 11) is 0. The minimum absolute atomic E-state index is 0. The van der Waals surface area contributed by atoms with E-state index in [2.05, 4.69) is 27.7 Å². The lowest BCUT2D eigenvalue weighted by Gasteiger charge is -2.48. The Balaban J connectivity index is 0.00000146. The maximum absolute atomic E-state index is 12.1. The topological polar surface area (TPSA) is 44.4 Å². The van der Waals surface area contributed by atoms with E-state index in [-0.39, 0.29) is 13.0 Å². The minimum atomic E-state index is -0.160. The van der Waals surface area contributed by atoms with Crippen LogP contribution in [-0.4, -0.2) is 30.1 Å². The molecular formula is C19H27N3O. The molecule has 23 heavy (non-hydrogen) atoms. The number of urea groups is 1. The highest BCUT2D eigenvalue weighted by Crippen LogP contribution is 2.48. The number of nitrogens with one attached hydrogen (secondary N) is 2. The molecule has 4 nitrogen and oxygen atoms in total. The van der Waals surface area contributed by atoms with Crippen LogP contribution in [0.1, 0.15) is 45.5 Å². The molecule has 1 aromatic rings. The van der Waals surface area contributed by atoms with Crippen molar-refractivity contribution in [2.75, 3.05) is 18.4 Å². The SMILES string of the molecule is O=C1Nc2ccccc2C2(CCN(C3C[C@H]4CC[C@@H]3C4)CC2)N1.[HH]. The van der Waals surface area contributed by atoms with E-state index in [0.717, 1.165) is 49.5 Å². The zero-order chi connectivity index (χ0) is 15.4. The van der Waals surface area contributed by atoms with Gasteiger partial charge in [-0.3, -0.25) is 4.90 Å². The van der Waals surface area contributed by atoms with Gasteiger partial charge in [-0.1, -0.05) is 24.6 Å². The molecule has 1 spiro atoms. The van der Waals surface area contributed by atoms with E-state index in [1.807, 2.05) is 12.1 Å². The summed E-state index contributed by atoms with van der Waals surface area (Å²) in [6.07, 6.45) is 7.86. The monoisotopic (exact) mass is 313 g/mol. The Morgan fingerprint density at radius 2 is 1.96 bits per heavy atom. The van der Waals surface area contributed by atoms with Gasteiger partial charge in [-0.05, 0) is 50.0 Å². The van der Waals surface area contributed by atoms with Crippen LogP contribution in [0.15, 0.2) is 24.3 Å². The van der Waals surface area contributed by atoms with Crippen molar-refractivity contribution in [3.8, 4) is 0 Å². The summed E-state index contributed by atoms with van der Waals surface area (Å²) < 4.78 is 0. The van der Waals surface area contributed by atoms with E-state index in [1.165, 1.54) is 31.2 Å². The van der Waals surface area contributed by atoms with Gasteiger partial charge >= 0.3 is 6.03 Å². The fourth-order valence-corrected chi connectivity index (χ4v) is 5.74. The summed E-state index contributed by atoms with van der Waals surface area (Å²) in [5.74, 6) is 1.95. The normalized spacial score (nSPS) is 35.0. The molecule has 1 saturated heterocycles. The Labute approximate surface area is 139 Å². The van der Waals surface area contributed by atoms with Crippen LogP contribution in [0.5, 0.6) is 0 Å². The molecule has 124 valence electrons. The van der Waals surface area contributed by atoms with Crippen molar-refractivity contribution in [1.82, 2.24) is 10.2 Å². The zero-order valence-electron chi connectivity index (χ0n) is 13.6. The van der Waals surface area contributed by atoms with E-state index in [0.29, 0.717) is 0 Å². The van der Waals surface area contributed by atoms with Gasteiger partial charge in [0.15, 0.2) is 0 Å². The van der Waals surface area contributed by atoms with Crippen LogP contribution >= 0.6 is 0 Å². The number of carbonyl (C=O) groups is 1. The highest BCUT2D eigenvalue weighted by molar-refractivity contribution is 5.93. The van der Waals surface area contributed by atoms with E-state index in [1.54, 1.807) is 0 Å². The average Bonchev–Trinajstić information content (AvgIpc) is 3.19. The summed E-state index contributed by atoms with van der Waals surface area (Å²) in [5, 5.41) is 6.21. The molecule has 1 aromatic carbocycles. The molecule has 3 fully saturated rings. The minimum Gasteiger partial charge on any atom is -0.328 e. The highest BCUT2D eigenvalue weighted by Gasteiger charge is 2.47. The Hall–Kier alpha value is -1.55. The second-order valence-electron chi connectivity index (χ2n) is 7.98. The first kappa shape index (κ1) is 13.8. The summed E-state index contributed by atoms with van der Waals surface area (Å²) in [6, 6.07) is 9.06. The number of rotatable bonds is 1. The van der Waals surface area contributed by atoms with Gasteiger partial charge < -0.3 is 10.6 Å². The summed E-state index contributed by atoms with van der Waals surface area (Å²) in [4.78, 5) is 14.8. The van der Waals surface area contributed by atoms with E-state index in [4.69, 9.17) is 0 Å². The standard InChI is InChI=1S/C19H25N3O.H2/c23-18-20-16-4-2-1-3-15(16)19(21-18)7-9-22(10-8-19)17-12-13-5-6-14(17)11-13;/h1-4,13-14,17H,5-12H2,(H2,20,21,23);1H/t13-,14+,17?;/m0./s1. The highest BCUT2D eigenvalue weighted by atomic mass is 16.2. The van der Waals surface area contributed by atoms with Crippen LogP contribution in [-0.2, 0) is 5.54 Å². The second kappa shape index (κ2) is 4.97. The molecule has 5 rings (SSSR count). The number of amides is 2. The lowest BCUT2D eigenvalue weighted by atomic mass is 9.78. The smallest absolute Gasteiger partial charge is 0.319 e. The quantitative estimate of drug-likeness (QED) is 0.833. The van der Waals surface area contributed by atoms with Crippen LogP contribution in [0, 0.1) is 11.8 Å². The van der Waals surface area contributed by atoms with Crippen LogP contribution < -0.4 is 10.6 Å². The molecule has 2 aliphatic heterocycles. The van der Waals surface area contributed by atoms with Crippen molar-refractivity contribution >= 4 is 11.7 Å². The predicted molar refractivity (Wildman–Crippen MR) is 92.4 cm³/mol. The number of carbonyl (C=O) groups excluding carboxylic acids is 1. The van der Waals surface area contributed by atoms with Gasteiger partial charge in [-0.15, -0.1) is 0 Å². The number of hydrogen-bond acceptors (Lipinski definition) is 2. The largest absolute Gasteiger partial charge is 0.328 e. The molecule has 0 radical (unpaired) electrons. The average molecular weight is 313 g/mol. The van der Waals surface area contributed by atoms with Crippen molar-refractivity contribution in [2.24, 2.45) is 11.8 Å². The molecule has 2 aliphatic carbocycles. The molecule has 2 N–H and O–H groups in total. The molecule has 2 heterocycles. The fraction of sp³-hybridized carbons (Fsp3) is 0.632. The van der Waals surface area contributed by atoms with Gasteiger partial charge in [0.2, 0.25) is 0 Å². The van der Waals surface area contributed by atoms with Crippen LogP contribution in [0.2, 0.25) is 0 Å². The molecule has 4 aliphatic rings. The molecule has 2 bridgehead atoms. The van der Waals surface area contributed by atoms with Crippen molar-refractivity contribution in [3.63, 3.8) is 0 Å². The molecule has 2 amide bonds. The van der Waals surface area contributed by atoms with Crippen molar-refractivity contribution in [1.29, 1.82) is 0 Å². The Kier molecular flexibility index (Phi) is 2.99. The fourth-order valence-electron chi connectivity index (χ4n) is 5.74. The van der Waals surface area contributed by atoms with E-state index >= 15 is 0 Å².